The zero-order valence-electron chi connectivity index (χ0n) is 15.4. The van der Waals surface area contributed by atoms with Crippen LogP contribution in [0.3, 0.4) is 0 Å². The van der Waals surface area contributed by atoms with Gasteiger partial charge < -0.3 is 10.6 Å². The summed E-state index contributed by atoms with van der Waals surface area (Å²) in [6.07, 6.45) is 2.21. The molecule has 1 aliphatic rings. The van der Waals surface area contributed by atoms with Crippen molar-refractivity contribution in [2.75, 3.05) is 18.0 Å². The fourth-order valence-electron chi connectivity index (χ4n) is 3.48. The molecule has 1 fully saturated rings. The second-order valence-electron chi connectivity index (χ2n) is 7.97. The highest BCUT2D eigenvalue weighted by Gasteiger charge is 2.27. The predicted octanol–water partition coefficient (Wildman–Crippen LogP) is 2.89. The number of aromatic nitrogens is 2. The lowest BCUT2D eigenvalue weighted by Crippen LogP contribution is -2.40. The molecular formula is C19H28N4O. The van der Waals surface area contributed by atoms with Crippen molar-refractivity contribution in [2.45, 2.75) is 46.6 Å². The molecule has 0 unspecified atom stereocenters. The molecule has 0 spiro atoms. The minimum Gasteiger partial charge on any atom is -0.342 e. The molecule has 130 valence electrons. The van der Waals surface area contributed by atoms with Gasteiger partial charge in [0.1, 0.15) is 0 Å². The van der Waals surface area contributed by atoms with Crippen LogP contribution in [0.4, 0.5) is 5.95 Å². The molecule has 0 radical (unpaired) electrons. The molecule has 0 amide bonds. The van der Waals surface area contributed by atoms with Gasteiger partial charge >= 0.3 is 0 Å². The van der Waals surface area contributed by atoms with E-state index in [1.165, 1.54) is 0 Å². The van der Waals surface area contributed by atoms with E-state index in [1.807, 2.05) is 33.0 Å². The first-order chi connectivity index (χ1) is 11.2. The van der Waals surface area contributed by atoms with E-state index >= 15 is 0 Å². The average molecular weight is 328 g/mol. The summed E-state index contributed by atoms with van der Waals surface area (Å²) >= 11 is 0. The van der Waals surface area contributed by atoms with Gasteiger partial charge in [-0.1, -0.05) is 19.9 Å². The number of anilines is 1. The molecule has 3 rings (SSSR count). The van der Waals surface area contributed by atoms with E-state index < -0.39 is 0 Å². The van der Waals surface area contributed by atoms with Crippen molar-refractivity contribution in [3.63, 3.8) is 0 Å². The maximum atomic E-state index is 12.9. The second-order valence-corrected chi connectivity index (χ2v) is 7.97. The highest BCUT2D eigenvalue weighted by Crippen LogP contribution is 2.32. The second kappa shape index (κ2) is 5.88. The van der Waals surface area contributed by atoms with Gasteiger partial charge in [0.05, 0.1) is 10.9 Å². The van der Waals surface area contributed by atoms with Crippen LogP contribution in [0.25, 0.3) is 10.9 Å². The summed E-state index contributed by atoms with van der Waals surface area (Å²) in [5, 5.41) is 0.658. The van der Waals surface area contributed by atoms with Crippen molar-refractivity contribution >= 4 is 16.9 Å². The molecule has 1 atom stereocenters. The number of nitrogens with two attached hydrogens (primary N) is 1. The van der Waals surface area contributed by atoms with E-state index in [-0.39, 0.29) is 11.6 Å². The Morgan fingerprint density at radius 1 is 1.25 bits per heavy atom. The van der Waals surface area contributed by atoms with Crippen LogP contribution in [0, 0.1) is 12.3 Å². The van der Waals surface area contributed by atoms with E-state index in [1.54, 1.807) is 4.57 Å². The van der Waals surface area contributed by atoms with E-state index in [4.69, 9.17) is 10.7 Å². The summed E-state index contributed by atoms with van der Waals surface area (Å²) in [5.74, 6) is 0.758. The molecule has 2 N–H and O–H groups in total. The Morgan fingerprint density at radius 2 is 1.88 bits per heavy atom. The number of benzene rings is 1. The maximum absolute atomic E-state index is 12.9. The van der Waals surface area contributed by atoms with Crippen molar-refractivity contribution in [3.05, 3.63) is 33.6 Å². The average Bonchev–Trinajstić information content (AvgIpc) is 2.51. The molecule has 24 heavy (non-hydrogen) atoms. The van der Waals surface area contributed by atoms with Gasteiger partial charge in [-0.15, -0.1) is 0 Å². The lowest BCUT2D eigenvalue weighted by atomic mass is 9.83. The Kier molecular flexibility index (Phi) is 4.16. The summed E-state index contributed by atoms with van der Waals surface area (Å²) in [7, 11) is 1.82. The summed E-state index contributed by atoms with van der Waals surface area (Å²) in [5.41, 5.74) is 9.24. The highest BCUT2D eigenvalue weighted by molar-refractivity contribution is 5.83. The number of fused-ring (bicyclic) bond motifs is 1. The molecule has 2 heterocycles. The zero-order chi connectivity index (χ0) is 17.6. The van der Waals surface area contributed by atoms with Gasteiger partial charge in [0.2, 0.25) is 5.95 Å². The molecule has 1 saturated heterocycles. The van der Waals surface area contributed by atoms with E-state index in [2.05, 4.69) is 18.7 Å². The van der Waals surface area contributed by atoms with Gasteiger partial charge in [0, 0.05) is 26.2 Å². The summed E-state index contributed by atoms with van der Waals surface area (Å²) < 4.78 is 1.69. The van der Waals surface area contributed by atoms with Crippen LogP contribution in [0.2, 0.25) is 0 Å². The first-order valence-corrected chi connectivity index (χ1v) is 8.71. The molecular weight excluding hydrogens is 300 g/mol. The van der Waals surface area contributed by atoms with Crippen LogP contribution in [0.5, 0.6) is 0 Å². The molecule has 1 aliphatic heterocycles. The molecule has 1 aromatic heterocycles. The van der Waals surface area contributed by atoms with Crippen LogP contribution in [-0.4, -0.2) is 22.6 Å². The lowest BCUT2D eigenvalue weighted by Gasteiger charge is -2.38. The Balaban J connectivity index is 2.17. The van der Waals surface area contributed by atoms with Crippen molar-refractivity contribution in [1.29, 1.82) is 0 Å². The predicted molar refractivity (Wildman–Crippen MR) is 99.6 cm³/mol. The van der Waals surface area contributed by atoms with Crippen molar-refractivity contribution in [2.24, 2.45) is 18.2 Å². The standard InChI is InChI=1S/C19H28N4O/c1-12-10-14(13(2)20)16-15(11-12)17(24)22(5)18(21-16)23-8-6-19(3,4)7-9-23/h10-11,13H,6-9,20H2,1-5H3/t13-/m1/s1. The minimum atomic E-state index is -0.153. The third-order valence-electron chi connectivity index (χ3n) is 5.22. The normalized spacial score (nSPS) is 18.8. The van der Waals surface area contributed by atoms with Gasteiger partial charge in [0.25, 0.3) is 5.56 Å². The molecule has 5 heteroatoms. The fourth-order valence-corrected chi connectivity index (χ4v) is 3.48. The lowest BCUT2D eigenvalue weighted by molar-refractivity contribution is 0.277. The fraction of sp³-hybridized carbons (Fsp3) is 0.579. The Hall–Kier alpha value is -1.88. The minimum absolute atomic E-state index is 0.00503. The number of hydrogen-bond donors (Lipinski definition) is 1. The first kappa shape index (κ1) is 17.0. The Morgan fingerprint density at radius 3 is 2.46 bits per heavy atom. The van der Waals surface area contributed by atoms with Gasteiger partial charge in [-0.25, -0.2) is 4.98 Å². The van der Waals surface area contributed by atoms with Crippen LogP contribution in [0.1, 0.15) is 50.8 Å². The molecule has 1 aromatic carbocycles. The molecule has 0 aliphatic carbocycles. The van der Waals surface area contributed by atoms with Crippen molar-refractivity contribution in [3.8, 4) is 0 Å². The molecule has 0 saturated carbocycles. The van der Waals surface area contributed by atoms with Crippen LogP contribution in [-0.2, 0) is 7.05 Å². The van der Waals surface area contributed by atoms with E-state index in [0.717, 1.165) is 48.5 Å². The highest BCUT2D eigenvalue weighted by atomic mass is 16.1. The van der Waals surface area contributed by atoms with Gasteiger partial charge in [-0.3, -0.25) is 9.36 Å². The Bertz CT molecular complexity index is 825. The summed E-state index contributed by atoms with van der Waals surface area (Å²) in [6.45, 7) is 10.4. The van der Waals surface area contributed by atoms with Crippen molar-refractivity contribution < 1.29 is 0 Å². The maximum Gasteiger partial charge on any atom is 0.262 e. The third-order valence-corrected chi connectivity index (χ3v) is 5.22. The SMILES string of the molecule is Cc1cc([C@@H](C)N)c2nc(N3CCC(C)(C)CC3)n(C)c(=O)c2c1. The smallest absolute Gasteiger partial charge is 0.262 e. The van der Waals surface area contributed by atoms with Crippen LogP contribution in [0.15, 0.2) is 16.9 Å². The number of hydrogen-bond acceptors (Lipinski definition) is 4. The number of aryl methyl sites for hydroxylation is 1. The summed E-state index contributed by atoms with van der Waals surface area (Å²) in [6, 6.07) is 3.81. The Labute approximate surface area is 143 Å². The summed E-state index contributed by atoms with van der Waals surface area (Å²) in [4.78, 5) is 20.0. The number of nitrogens with zero attached hydrogens (tertiary/aromatic N) is 3. The number of piperidine rings is 1. The topological polar surface area (TPSA) is 64.2 Å². The van der Waals surface area contributed by atoms with E-state index in [0.29, 0.717) is 10.8 Å². The largest absolute Gasteiger partial charge is 0.342 e. The molecule has 5 nitrogen and oxygen atoms in total. The zero-order valence-corrected chi connectivity index (χ0v) is 15.4. The van der Waals surface area contributed by atoms with Gasteiger partial charge in [0.15, 0.2) is 0 Å². The van der Waals surface area contributed by atoms with Crippen molar-refractivity contribution in [1.82, 2.24) is 9.55 Å². The van der Waals surface area contributed by atoms with Crippen LogP contribution < -0.4 is 16.2 Å². The number of rotatable bonds is 2. The van der Waals surface area contributed by atoms with E-state index in [9.17, 15) is 4.79 Å². The van der Waals surface area contributed by atoms with Gasteiger partial charge in [-0.05, 0) is 49.3 Å². The molecule has 0 bridgehead atoms. The third kappa shape index (κ3) is 2.93. The monoisotopic (exact) mass is 328 g/mol. The van der Waals surface area contributed by atoms with Gasteiger partial charge in [-0.2, -0.15) is 0 Å². The molecule has 2 aromatic rings. The quantitative estimate of drug-likeness (QED) is 0.920. The van der Waals surface area contributed by atoms with Crippen LogP contribution >= 0.6 is 0 Å². The first-order valence-electron chi connectivity index (χ1n) is 8.71.